The van der Waals surface area contributed by atoms with Crippen molar-refractivity contribution in [1.29, 1.82) is 0 Å². The van der Waals surface area contributed by atoms with Gasteiger partial charge in [-0.2, -0.15) is 0 Å². The second kappa shape index (κ2) is 2.59. The Morgan fingerprint density at radius 3 is 2.54 bits per heavy atom. The monoisotopic (exact) mass is 186 g/mol. The number of carbonyl (C=O) groups is 2. The molecule has 0 aromatic heterocycles. The van der Waals surface area contributed by atoms with Crippen LogP contribution in [0.5, 0.6) is 0 Å². The van der Waals surface area contributed by atoms with Gasteiger partial charge < -0.3 is 15.1 Å². The summed E-state index contributed by atoms with van der Waals surface area (Å²) in [5.74, 6) is -0.974. The van der Waals surface area contributed by atoms with Crippen LogP contribution < -0.4 is 5.32 Å². The lowest BCUT2D eigenvalue weighted by Gasteiger charge is -2.29. The lowest BCUT2D eigenvalue weighted by molar-refractivity contribution is -0.140. The van der Waals surface area contributed by atoms with E-state index in [1.807, 2.05) is 0 Å². The molecular formula is C7H10N2O4. The van der Waals surface area contributed by atoms with E-state index in [9.17, 15) is 9.59 Å². The van der Waals surface area contributed by atoms with E-state index in [1.54, 1.807) is 0 Å². The van der Waals surface area contributed by atoms with Gasteiger partial charge in [-0.25, -0.2) is 4.79 Å². The number of likely N-dealkylation sites (tertiary alicyclic amines) is 1. The minimum absolute atomic E-state index is 0.0159. The van der Waals surface area contributed by atoms with Crippen LogP contribution in [0.2, 0.25) is 0 Å². The topological polar surface area (TPSA) is 89.9 Å². The highest BCUT2D eigenvalue weighted by Gasteiger charge is 2.49. The summed E-state index contributed by atoms with van der Waals surface area (Å²) in [6, 6.07) is -1.10. The molecule has 6 nitrogen and oxygen atoms in total. The summed E-state index contributed by atoms with van der Waals surface area (Å²) < 4.78 is 0. The van der Waals surface area contributed by atoms with Crippen LogP contribution in [0.4, 0.5) is 4.79 Å². The molecule has 2 fully saturated rings. The maximum atomic E-state index is 10.7. The molecule has 6 heteroatoms. The molecule has 2 aliphatic heterocycles. The average Bonchev–Trinajstić information content (AvgIpc) is 2.60. The Morgan fingerprint density at radius 1 is 1.38 bits per heavy atom. The second-order valence-corrected chi connectivity index (χ2v) is 3.42. The van der Waals surface area contributed by atoms with Gasteiger partial charge in [-0.1, -0.05) is 0 Å². The molecule has 0 spiro atoms. The van der Waals surface area contributed by atoms with Gasteiger partial charge in [0.25, 0.3) is 0 Å². The number of aliphatic carboxylic acids is 1. The van der Waals surface area contributed by atoms with E-state index in [2.05, 4.69) is 5.32 Å². The van der Waals surface area contributed by atoms with E-state index >= 15 is 0 Å². The molecule has 2 rings (SSSR count). The fraction of sp³-hybridized carbons (Fsp3) is 0.714. The molecule has 3 atom stereocenters. The Morgan fingerprint density at radius 2 is 2.08 bits per heavy atom. The molecule has 2 aliphatic rings. The first kappa shape index (κ1) is 8.31. The minimum atomic E-state index is -1.03. The highest BCUT2D eigenvalue weighted by molar-refractivity contribution is 5.77. The van der Waals surface area contributed by atoms with Gasteiger partial charge in [-0.05, 0) is 6.42 Å². The standard InChI is InChI=1S/C7H10N2O4/c10-6(11)5-4-1-3(8-5)2-9(4)7(12)13/h3-5,8H,1-2H2,(H,10,11)(H,12,13)/t3-,4-,5-/m1/s1. The molecule has 0 saturated carbocycles. The molecule has 2 saturated heterocycles. The van der Waals surface area contributed by atoms with Crippen LogP contribution in [0.1, 0.15) is 6.42 Å². The SMILES string of the molecule is O=C(O)[C@@H]1N[C@@H]2C[C@H]1N(C(=O)O)C2. The maximum absolute atomic E-state index is 10.7. The lowest BCUT2D eigenvalue weighted by atomic mass is 10.1. The fourth-order valence-electron chi connectivity index (χ4n) is 2.12. The van der Waals surface area contributed by atoms with Crippen LogP contribution in [-0.4, -0.2) is 51.8 Å². The van der Waals surface area contributed by atoms with Crippen molar-refractivity contribution in [1.82, 2.24) is 10.2 Å². The van der Waals surface area contributed by atoms with E-state index in [4.69, 9.17) is 10.2 Å². The third kappa shape index (κ3) is 1.14. The zero-order valence-electron chi connectivity index (χ0n) is 6.80. The molecule has 72 valence electrons. The van der Waals surface area contributed by atoms with Crippen molar-refractivity contribution in [3.05, 3.63) is 0 Å². The predicted octanol–water partition coefficient (Wildman–Crippen LogP) is -0.836. The Bertz CT molecular complexity index is 243. The number of amides is 1. The molecule has 0 aliphatic carbocycles. The average molecular weight is 186 g/mol. The van der Waals surface area contributed by atoms with E-state index in [0.717, 1.165) is 0 Å². The lowest BCUT2D eigenvalue weighted by Crippen LogP contribution is -2.55. The van der Waals surface area contributed by atoms with E-state index < -0.39 is 18.1 Å². The van der Waals surface area contributed by atoms with Crippen molar-refractivity contribution in [3.63, 3.8) is 0 Å². The number of rotatable bonds is 1. The number of nitrogens with zero attached hydrogens (tertiary/aromatic N) is 1. The summed E-state index contributed by atoms with van der Waals surface area (Å²) in [5, 5.41) is 20.4. The summed E-state index contributed by atoms with van der Waals surface area (Å²) in [6.07, 6.45) is -0.413. The van der Waals surface area contributed by atoms with E-state index in [0.29, 0.717) is 13.0 Å². The highest BCUT2D eigenvalue weighted by atomic mass is 16.4. The number of carboxylic acids is 1. The highest BCUT2D eigenvalue weighted by Crippen LogP contribution is 2.27. The van der Waals surface area contributed by atoms with Crippen LogP contribution in [0, 0.1) is 0 Å². The van der Waals surface area contributed by atoms with Crippen molar-refractivity contribution in [3.8, 4) is 0 Å². The molecule has 0 aromatic carbocycles. The Labute approximate surface area is 74.1 Å². The number of hydrogen-bond donors (Lipinski definition) is 3. The first-order valence-electron chi connectivity index (χ1n) is 4.08. The number of carboxylic acid groups (broad SMARTS) is 2. The maximum Gasteiger partial charge on any atom is 0.407 e. The Balaban J connectivity index is 2.15. The largest absolute Gasteiger partial charge is 0.480 e. The van der Waals surface area contributed by atoms with Gasteiger partial charge in [-0.15, -0.1) is 0 Å². The Kier molecular flexibility index (Phi) is 1.66. The van der Waals surface area contributed by atoms with Crippen LogP contribution in [0.15, 0.2) is 0 Å². The van der Waals surface area contributed by atoms with Crippen molar-refractivity contribution in [2.45, 2.75) is 24.5 Å². The molecule has 13 heavy (non-hydrogen) atoms. The summed E-state index contributed by atoms with van der Waals surface area (Å²) in [6.45, 7) is 0.407. The third-order valence-corrected chi connectivity index (χ3v) is 2.66. The van der Waals surface area contributed by atoms with E-state index in [-0.39, 0.29) is 12.1 Å². The van der Waals surface area contributed by atoms with Crippen LogP contribution in [-0.2, 0) is 4.79 Å². The zero-order chi connectivity index (χ0) is 9.59. The number of nitrogens with one attached hydrogen (secondary N) is 1. The van der Waals surface area contributed by atoms with Gasteiger partial charge in [0.15, 0.2) is 0 Å². The Hall–Kier alpha value is -1.30. The molecule has 3 N–H and O–H groups in total. The molecular weight excluding hydrogens is 176 g/mol. The van der Waals surface area contributed by atoms with Gasteiger partial charge in [0.1, 0.15) is 6.04 Å². The third-order valence-electron chi connectivity index (χ3n) is 2.66. The normalized spacial score (nSPS) is 36.6. The van der Waals surface area contributed by atoms with Gasteiger partial charge >= 0.3 is 12.1 Å². The van der Waals surface area contributed by atoms with Gasteiger partial charge in [0, 0.05) is 12.6 Å². The number of hydrogen-bond acceptors (Lipinski definition) is 3. The van der Waals surface area contributed by atoms with Crippen molar-refractivity contribution >= 4 is 12.1 Å². The van der Waals surface area contributed by atoms with Gasteiger partial charge in [0.2, 0.25) is 0 Å². The summed E-state index contributed by atoms with van der Waals surface area (Å²) >= 11 is 0. The zero-order valence-corrected chi connectivity index (χ0v) is 6.80. The van der Waals surface area contributed by atoms with Crippen molar-refractivity contribution in [2.75, 3.05) is 6.54 Å². The second-order valence-electron chi connectivity index (χ2n) is 3.42. The molecule has 1 amide bonds. The van der Waals surface area contributed by atoms with Crippen molar-refractivity contribution in [2.24, 2.45) is 0 Å². The predicted molar refractivity (Wildman–Crippen MR) is 41.5 cm³/mol. The van der Waals surface area contributed by atoms with Gasteiger partial charge in [0.05, 0.1) is 6.04 Å². The van der Waals surface area contributed by atoms with Crippen LogP contribution in [0.25, 0.3) is 0 Å². The molecule has 0 radical (unpaired) electrons. The molecule has 2 heterocycles. The van der Waals surface area contributed by atoms with Crippen LogP contribution >= 0.6 is 0 Å². The first-order chi connectivity index (χ1) is 6.09. The van der Waals surface area contributed by atoms with Gasteiger partial charge in [-0.3, -0.25) is 10.1 Å². The van der Waals surface area contributed by atoms with Crippen molar-refractivity contribution < 1.29 is 19.8 Å². The van der Waals surface area contributed by atoms with E-state index in [1.165, 1.54) is 4.90 Å². The minimum Gasteiger partial charge on any atom is -0.480 e. The first-order valence-corrected chi connectivity index (χ1v) is 4.08. The fourth-order valence-corrected chi connectivity index (χ4v) is 2.12. The molecule has 2 bridgehead atoms. The summed E-state index contributed by atoms with van der Waals surface area (Å²) in [7, 11) is 0. The molecule has 0 aromatic rings. The summed E-state index contributed by atoms with van der Waals surface area (Å²) in [4.78, 5) is 22.6. The quantitative estimate of drug-likeness (QED) is 0.497. The summed E-state index contributed by atoms with van der Waals surface area (Å²) in [5.41, 5.74) is 0. The smallest absolute Gasteiger partial charge is 0.407 e. The number of fused-ring (bicyclic) bond motifs is 2. The molecule has 0 unspecified atom stereocenters. The van der Waals surface area contributed by atoms with Crippen LogP contribution in [0.3, 0.4) is 0 Å². The number of piperazine rings is 1.